The monoisotopic (exact) mass is 346 g/mol. The summed E-state index contributed by atoms with van der Waals surface area (Å²) >= 11 is 0. The van der Waals surface area contributed by atoms with Crippen molar-refractivity contribution >= 4 is 0 Å². The minimum atomic E-state index is 0.195. The molecule has 0 radical (unpaired) electrons. The van der Waals surface area contributed by atoms with Crippen LogP contribution in [0.2, 0.25) is 0 Å². The van der Waals surface area contributed by atoms with Crippen molar-refractivity contribution in [3.05, 3.63) is 18.2 Å². The highest BCUT2D eigenvalue weighted by Crippen LogP contribution is 2.29. The summed E-state index contributed by atoms with van der Waals surface area (Å²) in [7, 11) is 2.06. The second kappa shape index (κ2) is 8.19. The Balaban J connectivity index is 1.25. The lowest BCUT2D eigenvalue weighted by atomic mass is 9.91. The first-order valence-electron chi connectivity index (χ1n) is 10.4. The van der Waals surface area contributed by atoms with Crippen molar-refractivity contribution in [2.75, 3.05) is 19.7 Å². The second-order valence-electron chi connectivity index (χ2n) is 8.28. The zero-order valence-corrected chi connectivity index (χ0v) is 15.7. The van der Waals surface area contributed by atoms with Gasteiger partial charge >= 0.3 is 0 Å². The summed E-state index contributed by atoms with van der Waals surface area (Å²) in [4.78, 5) is 7.02. The van der Waals surface area contributed by atoms with E-state index in [0.717, 1.165) is 25.5 Å². The molecule has 0 amide bonds. The third kappa shape index (κ3) is 4.26. The summed E-state index contributed by atoms with van der Waals surface area (Å²) in [5, 5.41) is 3.96. The number of imidazole rings is 1. The topological polar surface area (TPSA) is 42.3 Å². The molecule has 3 heterocycles. The summed E-state index contributed by atoms with van der Waals surface area (Å²) in [5.74, 6) is 0. The number of hydrogen-bond acceptors (Lipinski definition) is 4. The largest absolute Gasteiger partial charge is 0.372 e. The minimum absolute atomic E-state index is 0.195. The SMILES string of the molecule is Cn1cncc1[C@@H]1C[C@@H](NC2CCN(C3CCCCC3)CC2)CCO1. The van der Waals surface area contributed by atoms with E-state index < -0.39 is 0 Å². The first-order chi connectivity index (χ1) is 12.3. The molecule has 140 valence electrons. The van der Waals surface area contributed by atoms with Gasteiger partial charge in [-0.25, -0.2) is 4.98 Å². The second-order valence-corrected chi connectivity index (χ2v) is 8.28. The van der Waals surface area contributed by atoms with E-state index in [1.54, 1.807) is 0 Å². The van der Waals surface area contributed by atoms with Gasteiger partial charge in [-0.05, 0) is 51.6 Å². The van der Waals surface area contributed by atoms with Gasteiger partial charge in [0, 0.05) is 31.8 Å². The van der Waals surface area contributed by atoms with Crippen LogP contribution in [0.1, 0.15) is 69.6 Å². The Hall–Kier alpha value is -0.910. The molecule has 3 aliphatic rings. The molecule has 0 bridgehead atoms. The van der Waals surface area contributed by atoms with Gasteiger partial charge in [0.1, 0.15) is 6.10 Å². The van der Waals surface area contributed by atoms with E-state index in [2.05, 4.69) is 26.8 Å². The van der Waals surface area contributed by atoms with Crippen LogP contribution < -0.4 is 5.32 Å². The highest BCUT2D eigenvalue weighted by atomic mass is 16.5. The van der Waals surface area contributed by atoms with Gasteiger partial charge in [-0.2, -0.15) is 0 Å². The van der Waals surface area contributed by atoms with E-state index in [1.807, 2.05) is 12.5 Å². The number of nitrogens with one attached hydrogen (secondary N) is 1. The van der Waals surface area contributed by atoms with E-state index in [-0.39, 0.29) is 6.10 Å². The Kier molecular flexibility index (Phi) is 5.73. The summed E-state index contributed by atoms with van der Waals surface area (Å²) < 4.78 is 8.10. The number of hydrogen-bond donors (Lipinski definition) is 1. The zero-order valence-electron chi connectivity index (χ0n) is 15.7. The molecule has 1 aromatic heterocycles. The number of likely N-dealkylation sites (tertiary alicyclic amines) is 1. The average molecular weight is 347 g/mol. The molecule has 1 aromatic rings. The highest BCUT2D eigenvalue weighted by Gasteiger charge is 2.30. The van der Waals surface area contributed by atoms with Crippen molar-refractivity contribution in [3.8, 4) is 0 Å². The summed E-state index contributed by atoms with van der Waals surface area (Å²) in [6, 6.07) is 2.15. The number of piperidine rings is 1. The van der Waals surface area contributed by atoms with E-state index in [4.69, 9.17) is 4.74 Å². The average Bonchev–Trinajstić information content (AvgIpc) is 3.09. The molecule has 3 fully saturated rings. The molecule has 1 aliphatic carbocycles. The standard InChI is InChI=1S/C20H34N4O/c1-23-15-21-14-19(23)20-13-17(9-12-25-20)22-16-7-10-24(11-8-16)18-5-3-2-4-6-18/h14-18,20,22H,2-13H2,1H3/t17-,20-/m0/s1. The molecule has 5 nitrogen and oxygen atoms in total. The fraction of sp³-hybridized carbons (Fsp3) is 0.850. The molecule has 5 heteroatoms. The van der Waals surface area contributed by atoms with Crippen molar-refractivity contribution in [1.82, 2.24) is 19.8 Å². The van der Waals surface area contributed by atoms with Crippen LogP contribution in [0.15, 0.2) is 12.5 Å². The Labute approximate surface area is 152 Å². The Morgan fingerprint density at radius 3 is 2.56 bits per heavy atom. The molecule has 2 saturated heterocycles. The predicted molar refractivity (Wildman–Crippen MR) is 99.5 cm³/mol. The van der Waals surface area contributed by atoms with E-state index in [0.29, 0.717) is 12.1 Å². The smallest absolute Gasteiger partial charge is 0.100 e. The van der Waals surface area contributed by atoms with Crippen LogP contribution in [0.5, 0.6) is 0 Å². The molecule has 1 saturated carbocycles. The molecule has 0 aromatic carbocycles. The van der Waals surface area contributed by atoms with Crippen LogP contribution in [0.25, 0.3) is 0 Å². The number of aryl methyl sites for hydroxylation is 1. The van der Waals surface area contributed by atoms with Crippen molar-refractivity contribution in [2.24, 2.45) is 7.05 Å². The van der Waals surface area contributed by atoms with Crippen molar-refractivity contribution < 1.29 is 4.74 Å². The van der Waals surface area contributed by atoms with Gasteiger partial charge in [-0.15, -0.1) is 0 Å². The van der Waals surface area contributed by atoms with Crippen molar-refractivity contribution in [3.63, 3.8) is 0 Å². The summed E-state index contributed by atoms with van der Waals surface area (Å²) in [6.07, 6.45) is 16.1. The van der Waals surface area contributed by atoms with Crippen LogP contribution in [-0.4, -0.2) is 52.3 Å². The van der Waals surface area contributed by atoms with Gasteiger partial charge in [0.25, 0.3) is 0 Å². The minimum Gasteiger partial charge on any atom is -0.372 e. The van der Waals surface area contributed by atoms with E-state index in [9.17, 15) is 0 Å². The van der Waals surface area contributed by atoms with Crippen LogP contribution in [0.3, 0.4) is 0 Å². The quantitative estimate of drug-likeness (QED) is 0.910. The molecule has 2 aliphatic heterocycles. The molecule has 0 unspecified atom stereocenters. The lowest BCUT2D eigenvalue weighted by Gasteiger charge is -2.41. The number of nitrogens with zero attached hydrogens (tertiary/aromatic N) is 3. The van der Waals surface area contributed by atoms with E-state index >= 15 is 0 Å². The molecule has 0 spiro atoms. The van der Waals surface area contributed by atoms with E-state index in [1.165, 1.54) is 63.7 Å². The molecule has 4 rings (SSSR count). The maximum Gasteiger partial charge on any atom is 0.100 e. The summed E-state index contributed by atoms with van der Waals surface area (Å²) in [5.41, 5.74) is 1.21. The normalized spacial score (nSPS) is 30.6. The maximum absolute atomic E-state index is 6.01. The van der Waals surface area contributed by atoms with Gasteiger partial charge < -0.3 is 19.5 Å². The number of ether oxygens (including phenoxy) is 1. The van der Waals surface area contributed by atoms with Gasteiger partial charge in [0.15, 0.2) is 0 Å². The Morgan fingerprint density at radius 1 is 1.04 bits per heavy atom. The van der Waals surface area contributed by atoms with Crippen LogP contribution >= 0.6 is 0 Å². The third-order valence-corrected chi connectivity index (χ3v) is 6.56. The lowest BCUT2D eigenvalue weighted by molar-refractivity contribution is -0.00777. The van der Waals surface area contributed by atoms with Gasteiger partial charge in [-0.1, -0.05) is 19.3 Å². The van der Waals surface area contributed by atoms with Gasteiger partial charge in [-0.3, -0.25) is 0 Å². The fourth-order valence-electron chi connectivity index (χ4n) is 5.04. The molecule has 1 N–H and O–H groups in total. The number of aromatic nitrogens is 2. The number of rotatable bonds is 4. The van der Waals surface area contributed by atoms with Gasteiger partial charge in [0.2, 0.25) is 0 Å². The fourth-order valence-corrected chi connectivity index (χ4v) is 5.04. The molecular weight excluding hydrogens is 312 g/mol. The molecular formula is C20H34N4O. The highest BCUT2D eigenvalue weighted by molar-refractivity contribution is 5.04. The third-order valence-electron chi connectivity index (χ3n) is 6.56. The van der Waals surface area contributed by atoms with Gasteiger partial charge in [0.05, 0.1) is 18.2 Å². The van der Waals surface area contributed by atoms with Crippen molar-refractivity contribution in [2.45, 2.75) is 82.0 Å². The maximum atomic E-state index is 6.01. The molecule has 25 heavy (non-hydrogen) atoms. The van der Waals surface area contributed by atoms with Crippen LogP contribution in [0.4, 0.5) is 0 Å². The lowest BCUT2D eigenvalue weighted by Crippen LogP contribution is -2.50. The first kappa shape index (κ1) is 17.5. The Bertz CT molecular complexity index is 532. The first-order valence-corrected chi connectivity index (χ1v) is 10.4. The van der Waals surface area contributed by atoms with Crippen molar-refractivity contribution in [1.29, 1.82) is 0 Å². The van der Waals surface area contributed by atoms with Crippen LogP contribution in [0, 0.1) is 0 Å². The molecule has 2 atom stereocenters. The zero-order chi connectivity index (χ0) is 17.1. The summed E-state index contributed by atoms with van der Waals surface area (Å²) in [6.45, 7) is 3.43. The predicted octanol–water partition coefficient (Wildman–Crippen LogP) is 3.03. The Morgan fingerprint density at radius 2 is 1.84 bits per heavy atom. The van der Waals surface area contributed by atoms with Crippen LogP contribution in [-0.2, 0) is 11.8 Å².